The van der Waals surface area contributed by atoms with Gasteiger partial charge in [-0.15, -0.1) is 12.3 Å². The molecule has 0 rings (SSSR count). The Morgan fingerprint density at radius 3 is 2.41 bits per heavy atom. The lowest BCUT2D eigenvalue weighted by molar-refractivity contribution is -0.139. The fourth-order valence-corrected chi connectivity index (χ4v) is 1.43. The van der Waals surface area contributed by atoms with Gasteiger partial charge < -0.3 is 15.3 Å². The molecule has 2 atom stereocenters. The van der Waals surface area contributed by atoms with Crippen molar-refractivity contribution in [1.82, 2.24) is 10.2 Å². The van der Waals surface area contributed by atoms with Crippen LogP contribution in [0.25, 0.3) is 0 Å². The van der Waals surface area contributed by atoms with Gasteiger partial charge in [0.2, 0.25) is 0 Å². The van der Waals surface area contributed by atoms with Gasteiger partial charge in [-0.1, -0.05) is 6.92 Å². The molecule has 0 aliphatic heterocycles. The average Bonchev–Trinajstić information content (AvgIpc) is 2.28. The molecule has 0 aromatic rings. The van der Waals surface area contributed by atoms with Gasteiger partial charge in [-0.25, -0.2) is 9.59 Å². The number of rotatable bonds is 6. The Morgan fingerprint density at radius 1 is 1.47 bits per heavy atom. The molecule has 5 heteroatoms. The summed E-state index contributed by atoms with van der Waals surface area (Å²) in [6.07, 6.45) is 5.86. The molecule has 0 saturated carbocycles. The highest BCUT2D eigenvalue weighted by atomic mass is 16.4. The van der Waals surface area contributed by atoms with E-state index in [2.05, 4.69) is 11.2 Å². The highest BCUT2D eigenvalue weighted by Gasteiger charge is 2.23. The summed E-state index contributed by atoms with van der Waals surface area (Å²) in [6, 6.07) is -1.34. The van der Waals surface area contributed by atoms with Crippen LogP contribution in [-0.2, 0) is 4.79 Å². The van der Waals surface area contributed by atoms with Crippen LogP contribution in [0.2, 0.25) is 0 Å². The number of nitrogens with one attached hydrogen (secondary N) is 1. The molecular formula is C12H20N2O3. The highest BCUT2D eigenvalue weighted by molar-refractivity contribution is 5.82. The van der Waals surface area contributed by atoms with Crippen LogP contribution in [0.3, 0.4) is 0 Å². The largest absolute Gasteiger partial charge is 0.480 e. The Hall–Kier alpha value is -1.70. The number of hydrogen-bond donors (Lipinski definition) is 2. The summed E-state index contributed by atoms with van der Waals surface area (Å²) < 4.78 is 0. The zero-order chi connectivity index (χ0) is 13.4. The SMILES string of the molecule is C#CCC(NC(=O)N(CC)C(C)CC)C(=O)O. The fourth-order valence-electron chi connectivity index (χ4n) is 1.43. The monoisotopic (exact) mass is 240 g/mol. The molecule has 0 aromatic carbocycles. The third kappa shape index (κ3) is 4.77. The van der Waals surface area contributed by atoms with E-state index in [0.29, 0.717) is 6.54 Å². The van der Waals surface area contributed by atoms with Crippen LogP contribution in [0.4, 0.5) is 4.79 Å². The second-order valence-electron chi connectivity index (χ2n) is 3.79. The number of carbonyl (C=O) groups is 2. The quantitative estimate of drug-likeness (QED) is 0.687. The Balaban J connectivity index is 4.58. The maximum absolute atomic E-state index is 11.8. The number of carboxylic acids is 1. The standard InChI is InChI=1S/C12H20N2O3/c1-5-8-10(11(15)16)13-12(17)14(7-3)9(4)6-2/h1,9-10H,6-8H2,2-4H3,(H,13,17)(H,15,16). The first-order valence-electron chi connectivity index (χ1n) is 5.71. The number of terminal acetylenes is 1. The van der Waals surface area contributed by atoms with Gasteiger partial charge in [0.15, 0.2) is 0 Å². The predicted molar refractivity (Wildman–Crippen MR) is 65.5 cm³/mol. The van der Waals surface area contributed by atoms with Gasteiger partial charge in [-0.2, -0.15) is 0 Å². The Labute approximate surface area is 102 Å². The van der Waals surface area contributed by atoms with Crippen molar-refractivity contribution in [3.05, 3.63) is 0 Å². The molecule has 0 aliphatic rings. The summed E-state index contributed by atoms with van der Waals surface area (Å²) in [7, 11) is 0. The summed E-state index contributed by atoms with van der Waals surface area (Å²) >= 11 is 0. The average molecular weight is 240 g/mol. The molecule has 0 heterocycles. The maximum Gasteiger partial charge on any atom is 0.327 e. The number of amides is 2. The highest BCUT2D eigenvalue weighted by Crippen LogP contribution is 2.04. The number of hydrogen-bond acceptors (Lipinski definition) is 2. The molecule has 5 nitrogen and oxygen atoms in total. The molecule has 0 bridgehead atoms. The lowest BCUT2D eigenvalue weighted by Gasteiger charge is -2.28. The van der Waals surface area contributed by atoms with Crippen molar-refractivity contribution in [3.63, 3.8) is 0 Å². The van der Waals surface area contributed by atoms with Gasteiger partial charge in [-0.3, -0.25) is 0 Å². The first kappa shape index (κ1) is 15.3. The summed E-state index contributed by atoms with van der Waals surface area (Å²) in [5.74, 6) is 1.13. The molecular weight excluding hydrogens is 220 g/mol. The summed E-state index contributed by atoms with van der Waals surface area (Å²) in [6.45, 7) is 6.27. The second-order valence-corrected chi connectivity index (χ2v) is 3.79. The number of nitrogens with zero attached hydrogens (tertiary/aromatic N) is 1. The van der Waals surface area contributed by atoms with Crippen molar-refractivity contribution in [3.8, 4) is 12.3 Å². The van der Waals surface area contributed by atoms with Crippen molar-refractivity contribution in [2.45, 2.75) is 45.7 Å². The Bertz CT molecular complexity index is 309. The van der Waals surface area contributed by atoms with Crippen LogP contribution in [0.1, 0.15) is 33.6 Å². The minimum Gasteiger partial charge on any atom is -0.480 e. The van der Waals surface area contributed by atoms with Gasteiger partial charge in [0.05, 0.1) is 0 Å². The molecule has 0 aromatic heterocycles. The van der Waals surface area contributed by atoms with Gasteiger partial charge in [0.25, 0.3) is 0 Å². The zero-order valence-corrected chi connectivity index (χ0v) is 10.6. The van der Waals surface area contributed by atoms with Crippen molar-refractivity contribution in [1.29, 1.82) is 0 Å². The number of urea groups is 1. The topological polar surface area (TPSA) is 69.6 Å². The Kier molecular flexibility index (Phi) is 6.80. The molecule has 0 spiro atoms. The number of carboxylic acid groups (broad SMARTS) is 1. The van der Waals surface area contributed by atoms with E-state index >= 15 is 0 Å². The molecule has 2 amide bonds. The van der Waals surface area contributed by atoms with E-state index in [4.69, 9.17) is 11.5 Å². The maximum atomic E-state index is 11.8. The van der Waals surface area contributed by atoms with Crippen molar-refractivity contribution in [2.75, 3.05) is 6.54 Å². The normalized spacial score (nSPS) is 13.3. The molecule has 0 fully saturated rings. The van der Waals surface area contributed by atoms with Gasteiger partial charge in [0, 0.05) is 19.0 Å². The van der Waals surface area contributed by atoms with Crippen molar-refractivity contribution in [2.24, 2.45) is 0 Å². The van der Waals surface area contributed by atoms with Crippen molar-refractivity contribution >= 4 is 12.0 Å². The summed E-state index contributed by atoms with van der Waals surface area (Å²) in [5.41, 5.74) is 0. The summed E-state index contributed by atoms with van der Waals surface area (Å²) in [4.78, 5) is 24.3. The van der Waals surface area contributed by atoms with E-state index in [-0.39, 0.29) is 18.5 Å². The molecule has 0 radical (unpaired) electrons. The van der Waals surface area contributed by atoms with Crippen LogP contribution < -0.4 is 5.32 Å². The fraction of sp³-hybridized carbons (Fsp3) is 0.667. The van der Waals surface area contributed by atoms with E-state index in [1.165, 1.54) is 0 Å². The minimum absolute atomic E-state index is 0.0147. The Morgan fingerprint density at radius 2 is 2.06 bits per heavy atom. The first-order valence-corrected chi connectivity index (χ1v) is 5.71. The lowest BCUT2D eigenvalue weighted by Crippen LogP contribution is -2.50. The lowest BCUT2D eigenvalue weighted by atomic mass is 10.2. The van der Waals surface area contributed by atoms with E-state index in [1.54, 1.807) is 4.90 Å². The van der Waals surface area contributed by atoms with Gasteiger partial charge >= 0.3 is 12.0 Å². The van der Waals surface area contributed by atoms with Crippen LogP contribution in [0.5, 0.6) is 0 Å². The molecule has 2 unspecified atom stereocenters. The van der Waals surface area contributed by atoms with Crippen LogP contribution in [-0.4, -0.2) is 40.6 Å². The minimum atomic E-state index is -1.11. The van der Waals surface area contributed by atoms with Crippen LogP contribution in [0.15, 0.2) is 0 Å². The van der Waals surface area contributed by atoms with Gasteiger partial charge in [-0.05, 0) is 20.3 Å². The molecule has 96 valence electrons. The van der Waals surface area contributed by atoms with E-state index in [9.17, 15) is 9.59 Å². The third-order valence-corrected chi connectivity index (χ3v) is 2.64. The van der Waals surface area contributed by atoms with E-state index in [1.807, 2.05) is 20.8 Å². The zero-order valence-electron chi connectivity index (χ0n) is 10.6. The number of carbonyl (C=O) groups excluding carboxylic acids is 1. The molecule has 2 N–H and O–H groups in total. The predicted octanol–water partition coefficient (Wildman–Crippen LogP) is 1.29. The van der Waals surface area contributed by atoms with E-state index < -0.39 is 12.0 Å². The molecule has 0 aliphatic carbocycles. The molecule has 0 saturated heterocycles. The third-order valence-electron chi connectivity index (χ3n) is 2.64. The van der Waals surface area contributed by atoms with Gasteiger partial charge in [0.1, 0.15) is 6.04 Å². The van der Waals surface area contributed by atoms with Crippen LogP contribution >= 0.6 is 0 Å². The molecule has 17 heavy (non-hydrogen) atoms. The van der Waals surface area contributed by atoms with Crippen LogP contribution in [0, 0.1) is 12.3 Å². The smallest absolute Gasteiger partial charge is 0.327 e. The number of aliphatic carboxylic acids is 1. The van der Waals surface area contributed by atoms with Crippen molar-refractivity contribution < 1.29 is 14.7 Å². The second kappa shape index (κ2) is 7.55. The summed E-state index contributed by atoms with van der Waals surface area (Å²) in [5, 5.41) is 11.3. The first-order chi connectivity index (χ1) is 7.97. The van der Waals surface area contributed by atoms with E-state index in [0.717, 1.165) is 6.42 Å².